The molecular weight excluding hydrogens is 162 g/mol. The fraction of sp³-hybridized carbons (Fsp3) is 0.700. The number of hydrogen-bond acceptors (Lipinski definition) is 2. The van der Waals surface area contributed by atoms with Crippen LogP contribution in [0.1, 0.15) is 38.3 Å². The van der Waals surface area contributed by atoms with Crippen molar-refractivity contribution >= 4 is 5.95 Å². The van der Waals surface area contributed by atoms with Gasteiger partial charge in [-0.3, -0.25) is 0 Å². The van der Waals surface area contributed by atoms with E-state index in [1.54, 1.807) is 0 Å². The lowest BCUT2D eigenvalue weighted by atomic mass is 10.2. The molecule has 0 aromatic carbocycles. The molecule has 0 unspecified atom stereocenters. The lowest BCUT2D eigenvalue weighted by molar-refractivity contribution is 0.579. The van der Waals surface area contributed by atoms with E-state index < -0.39 is 0 Å². The quantitative estimate of drug-likeness (QED) is 0.709. The number of unbranched alkanes of at least 4 members (excludes halogenated alkanes) is 3. The standard InChI is InChI=1S/C10H19N3/c1-3-4-5-6-7-13-9(2)8-12-10(13)11/h8H,3-7H2,1-2H3,(H2,11,12). The second-order valence-electron chi connectivity index (χ2n) is 3.47. The molecule has 2 N–H and O–H groups in total. The van der Waals surface area contributed by atoms with Gasteiger partial charge in [0, 0.05) is 12.2 Å². The summed E-state index contributed by atoms with van der Waals surface area (Å²) in [5.41, 5.74) is 6.87. The number of nitrogen functional groups attached to an aromatic ring is 1. The molecule has 3 heteroatoms. The minimum absolute atomic E-state index is 0.647. The summed E-state index contributed by atoms with van der Waals surface area (Å²) in [6, 6.07) is 0. The van der Waals surface area contributed by atoms with E-state index in [4.69, 9.17) is 5.73 Å². The van der Waals surface area contributed by atoms with Gasteiger partial charge in [-0.25, -0.2) is 4.98 Å². The van der Waals surface area contributed by atoms with Gasteiger partial charge < -0.3 is 10.3 Å². The van der Waals surface area contributed by atoms with Crippen LogP contribution in [0, 0.1) is 6.92 Å². The summed E-state index contributed by atoms with van der Waals surface area (Å²) in [6.45, 7) is 5.28. The Bertz CT molecular complexity index is 233. The van der Waals surface area contributed by atoms with Crippen LogP contribution in [0.3, 0.4) is 0 Å². The highest BCUT2D eigenvalue weighted by molar-refractivity contribution is 5.21. The van der Waals surface area contributed by atoms with E-state index in [2.05, 4.69) is 16.5 Å². The molecule has 0 aliphatic rings. The Morgan fingerprint density at radius 1 is 1.38 bits per heavy atom. The van der Waals surface area contributed by atoms with Crippen LogP contribution in [-0.4, -0.2) is 9.55 Å². The minimum Gasteiger partial charge on any atom is -0.369 e. The third-order valence-electron chi connectivity index (χ3n) is 2.32. The Labute approximate surface area is 80.0 Å². The average Bonchev–Trinajstić information content (AvgIpc) is 2.42. The zero-order valence-corrected chi connectivity index (χ0v) is 8.58. The van der Waals surface area contributed by atoms with Gasteiger partial charge in [-0.15, -0.1) is 0 Å². The molecule has 0 atom stereocenters. The molecule has 0 radical (unpaired) electrons. The van der Waals surface area contributed by atoms with Crippen molar-refractivity contribution in [3.05, 3.63) is 11.9 Å². The lowest BCUT2D eigenvalue weighted by Crippen LogP contribution is -2.05. The van der Waals surface area contributed by atoms with Gasteiger partial charge in [0.05, 0.1) is 6.20 Å². The molecule has 1 rings (SSSR count). The number of anilines is 1. The largest absolute Gasteiger partial charge is 0.369 e. The Morgan fingerprint density at radius 2 is 2.15 bits per heavy atom. The number of nitrogens with two attached hydrogens (primary N) is 1. The van der Waals surface area contributed by atoms with Crippen molar-refractivity contribution in [2.75, 3.05) is 5.73 Å². The zero-order valence-electron chi connectivity index (χ0n) is 8.58. The lowest BCUT2D eigenvalue weighted by Gasteiger charge is -2.06. The highest BCUT2D eigenvalue weighted by Gasteiger charge is 2.01. The van der Waals surface area contributed by atoms with E-state index in [0.717, 1.165) is 12.2 Å². The van der Waals surface area contributed by atoms with E-state index in [0.29, 0.717) is 5.95 Å². The maximum absolute atomic E-state index is 5.71. The molecule has 1 aromatic heterocycles. The summed E-state index contributed by atoms with van der Waals surface area (Å²) >= 11 is 0. The predicted octanol–water partition coefficient (Wildman–Crippen LogP) is 2.35. The summed E-state index contributed by atoms with van der Waals surface area (Å²) < 4.78 is 2.08. The summed E-state index contributed by atoms with van der Waals surface area (Å²) in [5, 5.41) is 0. The average molecular weight is 181 g/mol. The maximum atomic E-state index is 5.71. The van der Waals surface area contributed by atoms with Crippen LogP contribution >= 0.6 is 0 Å². The Hall–Kier alpha value is -0.990. The number of rotatable bonds is 5. The second-order valence-corrected chi connectivity index (χ2v) is 3.47. The fourth-order valence-electron chi connectivity index (χ4n) is 1.47. The number of imidazole rings is 1. The van der Waals surface area contributed by atoms with E-state index in [1.165, 1.54) is 25.7 Å². The van der Waals surface area contributed by atoms with Crippen LogP contribution in [0.25, 0.3) is 0 Å². The van der Waals surface area contributed by atoms with Crippen LogP contribution in [0.15, 0.2) is 6.20 Å². The van der Waals surface area contributed by atoms with Crippen LogP contribution in [0.2, 0.25) is 0 Å². The fourth-order valence-corrected chi connectivity index (χ4v) is 1.47. The van der Waals surface area contributed by atoms with Crippen molar-refractivity contribution in [2.45, 2.75) is 46.1 Å². The second kappa shape index (κ2) is 4.90. The first kappa shape index (κ1) is 10.1. The SMILES string of the molecule is CCCCCCn1c(C)cnc1N. The molecule has 13 heavy (non-hydrogen) atoms. The normalized spacial score (nSPS) is 10.6. The maximum Gasteiger partial charge on any atom is 0.200 e. The van der Waals surface area contributed by atoms with Crippen LogP contribution in [0.4, 0.5) is 5.95 Å². The first-order valence-electron chi connectivity index (χ1n) is 5.03. The molecule has 0 saturated carbocycles. The van der Waals surface area contributed by atoms with Crippen molar-refractivity contribution in [3.8, 4) is 0 Å². The van der Waals surface area contributed by atoms with Gasteiger partial charge >= 0.3 is 0 Å². The number of aromatic nitrogens is 2. The first-order valence-corrected chi connectivity index (χ1v) is 5.03. The highest BCUT2D eigenvalue weighted by atomic mass is 15.1. The van der Waals surface area contributed by atoms with Crippen molar-refractivity contribution in [3.63, 3.8) is 0 Å². The molecule has 0 bridgehead atoms. The number of aryl methyl sites for hydroxylation is 1. The number of nitrogens with zero attached hydrogens (tertiary/aromatic N) is 2. The monoisotopic (exact) mass is 181 g/mol. The summed E-state index contributed by atoms with van der Waals surface area (Å²) in [4.78, 5) is 4.06. The van der Waals surface area contributed by atoms with E-state index >= 15 is 0 Å². The smallest absolute Gasteiger partial charge is 0.200 e. The Balaban J connectivity index is 2.36. The van der Waals surface area contributed by atoms with Crippen LogP contribution in [-0.2, 0) is 6.54 Å². The van der Waals surface area contributed by atoms with E-state index in [9.17, 15) is 0 Å². The first-order chi connectivity index (χ1) is 6.25. The molecule has 0 saturated heterocycles. The van der Waals surface area contributed by atoms with Crippen molar-refractivity contribution in [1.82, 2.24) is 9.55 Å². The minimum atomic E-state index is 0.647. The van der Waals surface area contributed by atoms with E-state index in [1.807, 2.05) is 13.1 Å². The molecule has 3 nitrogen and oxygen atoms in total. The predicted molar refractivity (Wildman–Crippen MR) is 55.5 cm³/mol. The summed E-state index contributed by atoms with van der Waals surface area (Å²) in [6.07, 6.45) is 6.91. The Kier molecular flexibility index (Phi) is 3.80. The molecule has 0 fully saturated rings. The van der Waals surface area contributed by atoms with Crippen LogP contribution < -0.4 is 5.73 Å². The molecule has 0 aliphatic heterocycles. The molecule has 0 amide bonds. The molecule has 1 heterocycles. The van der Waals surface area contributed by atoms with Gasteiger partial charge in [0.2, 0.25) is 0 Å². The number of hydrogen-bond donors (Lipinski definition) is 1. The summed E-state index contributed by atoms with van der Waals surface area (Å²) in [5.74, 6) is 0.647. The van der Waals surface area contributed by atoms with Gasteiger partial charge in [0.1, 0.15) is 0 Å². The molecule has 0 spiro atoms. The highest BCUT2D eigenvalue weighted by Crippen LogP contribution is 2.09. The van der Waals surface area contributed by atoms with Crippen molar-refractivity contribution in [2.24, 2.45) is 0 Å². The third kappa shape index (κ3) is 2.76. The topological polar surface area (TPSA) is 43.8 Å². The summed E-state index contributed by atoms with van der Waals surface area (Å²) in [7, 11) is 0. The van der Waals surface area contributed by atoms with Gasteiger partial charge in [-0.05, 0) is 13.3 Å². The molecule has 1 aromatic rings. The third-order valence-corrected chi connectivity index (χ3v) is 2.32. The van der Waals surface area contributed by atoms with Gasteiger partial charge in [-0.1, -0.05) is 26.2 Å². The van der Waals surface area contributed by atoms with Crippen molar-refractivity contribution in [1.29, 1.82) is 0 Å². The van der Waals surface area contributed by atoms with Crippen molar-refractivity contribution < 1.29 is 0 Å². The zero-order chi connectivity index (χ0) is 9.68. The van der Waals surface area contributed by atoms with Gasteiger partial charge in [0.25, 0.3) is 0 Å². The Morgan fingerprint density at radius 3 is 2.69 bits per heavy atom. The molecule has 74 valence electrons. The van der Waals surface area contributed by atoms with E-state index in [-0.39, 0.29) is 0 Å². The molecular formula is C10H19N3. The van der Waals surface area contributed by atoms with Crippen LogP contribution in [0.5, 0.6) is 0 Å². The van der Waals surface area contributed by atoms with Gasteiger partial charge in [0.15, 0.2) is 5.95 Å². The molecule has 0 aliphatic carbocycles. The van der Waals surface area contributed by atoms with Gasteiger partial charge in [-0.2, -0.15) is 0 Å².